The summed E-state index contributed by atoms with van der Waals surface area (Å²) in [5.74, 6) is -1.89. The lowest BCUT2D eigenvalue weighted by Crippen LogP contribution is -2.70. The van der Waals surface area contributed by atoms with E-state index in [1.807, 2.05) is 30.3 Å². The van der Waals surface area contributed by atoms with Crippen LogP contribution in [-0.4, -0.2) is 57.3 Å². The first-order valence-electron chi connectivity index (χ1n) is 8.36. The lowest BCUT2D eigenvalue weighted by molar-refractivity contribution is -0.150. The third kappa shape index (κ3) is 3.97. The van der Waals surface area contributed by atoms with Gasteiger partial charge in [0.2, 0.25) is 5.91 Å². The molecule has 0 radical (unpaired) electrons. The molecule has 0 unspecified atom stereocenters. The first-order chi connectivity index (χ1) is 12.9. The maximum Gasteiger partial charge on any atom is 0.352 e. The zero-order chi connectivity index (χ0) is 19.6. The van der Waals surface area contributed by atoms with E-state index < -0.39 is 23.3 Å². The van der Waals surface area contributed by atoms with Gasteiger partial charge in [0.1, 0.15) is 22.9 Å². The molecule has 27 heavy (non-hydrogen) atoms. The number of thioether (sulfide) groups is 1. The number of aliphatic carboxylic acids is 1. The van der Waals surface area contributed by atoms with E-state index in [0.717, 1.165) is 5.69 Å². The van der Waals surface area contributed by atoms with E-state index in [9.17, 15) is 24.3 Å². The molecular weight excluding hydrogens is 370 g/mol. The number of rotatable bonds is 7. The largest absolute Gasteiger partial charge is 0.477 e. The van der Waals surface area contributed by atoms with Crippen molar-refractivity contribution in [3.05, 3.63) is 41.6 Å². The predicted molar refractivity (Wildman–Crippen MR) is 99.9 cm³/mol. The molecular formula is C18H19N3O5S. The standard InChI is InChI=1S/C18H19N3O5S/c1-10(22)7-11-9-27-17-14(16(24)21(17)15(11)18(25)26)20-13(23)8-19-12-5-3-2-4-6-12/h2-6,14,17,19H,7-9H2,1H3,(H,20,23)(H,25,26)/t14-,17-/m1/s1. The summed E-state index contributed by atoms with van der Waals surface area (Å²) in [6, 6.07) is 8.41. The smallest absolute Gasteiger partial charge is 0.352 e. The summed E-state index contributed by atoms with van der Waals surface area (Å²) < 4.78 is 0. The first kappa shape index (κ1) is 19.0. The zero-order valence-electron chi connectivity index (χ0n) is 14.6. The Labute approximate surface area is 160 Å². The molecule has 1 aromatic rings. The number of fused-ring (bicyclic) bond motifs is 1. The number of carbonyl (C=O) groups excluding carboxylic acids is 3. The fourth-order valence-electron chi connectivity index (χ4n) is 3.08. The number of carboxylic acids is 1. The van der Waals surface area contributed by atoms with Gasteiger partial charge in [-0.25, -0.2) is 4.79 Å². The monoisotopic (exact) mass is 389 g/mol. The molecule has 2 heterocycles. The fraction of sp³-hybridized carbons (Fsp3) is 0.333. The van der Waals surface area contributed by atoms with Crippen molar-refractivity contribution >= 4 is 41.0 Å². The predicted octanol–water partition coefficient (Wildman–Crippen LogP) is 0.816. The highest BCUT2D eigenvalue weighted by Gasteiger charge is 2.54. The van der Waals surface area contributed by atoms with E-state index in [-0.39, 0.29) is 30.4 Å². The van der Waals surface area contributed by atoms with E-state index in [1.54, 1.807) is 0 Å². The summed E-state index contributed by atoms with van der Waals surface area (Å²) in [7, 11) is 0. The van der Waals surface area contributed by atoms with Gasteiger partial charge in [0, 0.05) is 17.9 Å². The minimum Gasteiger partial charge on any atom is -0.477 e. The first-order valence-corrected chi connectivity index (χ1v) is 9.41. The summed E-state index contributed by atoms with van der Waals surface area (Å²) >= 11 is 1.35. The minimum absolute atomic E-state index is 0.00237. The number of benzene rings is 1. The molecule has 0 saturated carbocycles. The number of amides is 2. The number of ketones is 1. The van der Waals surface area contributed by atoms with E-state index in [1.165, 1.54) is 23.6 Å². The van der Waals surface area contributed by atoms with Crippen molar-refractivity contribution in [1.29, 1.82) is 0 Å². The molecule has 142 valence electrons. The molecule has 2 aliphatic rings. The van der Waals surface area contributed by atoms with Gasteiger partial charge in [-0.3, -0.25) is 19.3 Å². The highest BCUT2D eigenvalue weighted by Crippen LogP contribution is 2.41. The molecule has 0 bridgehead atoms. The van der Waals surface area contributed by atoms with Crippen molar-refractivity contribution in [2.24, 2.45) is 0 Å². The number of carboxylic acid groups (broad SMARTS) is 1. The summed E-state index contributed by atoms with van der Waals surface area (Å²) in [6.45, 7) is 1.38. The van der Waals surface area contributed by atoms with Crippen LogP contribution in [0.2, 0.25) is 0 Å². The number of nitrogens with zero attached hydrogens (tertiary/aromatic N) is 1. The number of hydrogen-bond donors (Lipinski definition) is 3. The van der Waals surface area contributed by atoms with Crippen molar-refractivity contribution in [2.45, 2.75) is 24.8 Å². The molecule has 0 aromatic heterocycles. The summed E-state index contributed by atoms with van der Waals surface area (Å²) in [6.07, 6.45) is 0.00313. The van der Waals surface area contributed by atoms with Gasteiger partial charge >= 0.3 is 5.97 Å². The highest BCUT2D eigenvalue weighted by atomic mass is 32.2. The summed E-state index contributed by atoms with van der Waals surface area (Å²) in [5.41, 5.74) is 1.08. The number of nitrogens with one attached hydrogen (secondary N) is 2. The van der Waals surface area contributed by atoms with Gasteiger partial charge in [-0.1, -0.05) is 18.2 Å². The molecule has 0 spiro atoms. The van der Waals surface area contributed by atoms with Crippen LogP contribution in [-0.2, 0) is 19.2 Å². The van der Waals surface area contributed by atoms with Gasteiger partial charge in [0.15, 0.2) is 0 Å². The van der Waals surface area contributed by atoms with Gasteiger partial charge in [-0.2, -0.15) is 0 Å². The number of anilines is 1. The molecule has 2 aliphatic heterocycles. The van der Waals surface area contributed by atoms with Crippen LogP contribution >= 0.6 is 11.8 Å². The van der Waals surface area contributed by atoms with Crippen molar-refractivity contribution in [3.63, 3.8) is 0 Å². The maximum atomic E-state index is 12.4. The van der Waals surface area contributed by atoms with Gasteiger partial charge in [0.05, 0.1) is 6.54 Å². The molecule has 9 heteroatoms. The van der Waals surface area contributed by atoms with E-state index in [4.69, 9.17) is 0 Å². The molecule has 1 aromatic carbocycles. The average molecular weight is 389 g/mol. The van der Waals surface area contributed by atoms with Crippen molar-refractivity contribution < 1.29 is 24.3 Å². The van der Waals surface area contributed by atoms with Crippen LogP contribution in [0, 0.1) is 0 Å². The van der Waals surface area contributed by atoms with Crippen LogP contribution in [0.4, 0.5) is 5.69 Å². The maximum absolute atomic E-state index is 12.4. The number of carbonyl (C=O) groups is 4. The van der Waals surface area contributed by atoms with Crippen molar-refractivity contribution in [1.82, 2.24) is 10.2 Å². The molecule has 0 aliphatic carbocycles. The normalized spacial score (nSPS) is 21.2. The Morgan fingerprint density at radius 3 is 2.59 bits per heavy atom. The topological polar surface area (TPSA) is 116 Å². The molecule has 2 atom stereocenters. The second-order valence-electron chi connectivity index (χ2n) is 6.31. The van der Waals surface area contributed by atoms with Crippen LogP contribution < -0.4 is 10.6 Å². The molecule has 8 nitrogen and oxygen atoms in total. The summed E-state index contributed by atoms with van der Waals surface area (Å²) in [5, 5.41) is 14.6. The second kappa shape index (κ2) is 7.83. The van der Waals surface area contributed by atoms with Gasteiger partial charge in [-0.05, 0) is 24.6 Å². The zero-order valence-corrected chi connectivity index (χ0v) is 15.4. The van der Waals surface area contributed by atoms with E-state index in [2.05, 4.69) is 10.6 Å². The van der Waals surface area contributed by atoms with Crippen LogP contribution in [0.5, 0.6) is 0 Å². The fourth-order valence-corrected chi connectivity index (χ4v) is 4.43. The van der Waals surface area contributed by atoms with Crippen LogP contribution in [0.3, 0.4) is 0 Å². The Bertz CT molecular complexity index is 824. The number of Topliss-reactive ketones (excluding diaryl/α,β-unsaturated/α-hetero) is 1. The number of β-lactam (4-membered cyclic amide) rings is 1. The molecule has 1 fully saturated rings. The third-order valence-corrected chi connectivity index (χ3v) is 5.60. The van der Waals surface area contributed by atoms with Gasteiger partial charge in [-0.15, -0.1) is 11.8 Å². The SMILES string of the molecule is CC(=O)CC1=C(C(=O)O)N2C(=O)[C@@H](NC(=O)CNc3ccccc3)[C@H]2SC1. The lowest BCUT2D eigenvalue weighted by atomic mass is 10.0. The highest BCUT2D eigenvalue weighted by molar-refractivity contribution is 8.00. The van der Waals surface area contributed by atoms with Crippen LogP contribution in [0.15, 0.2) is 41.6 Å². The van der Waals surface area contributed by atoms with Gasteiger partial charge in [0.25, 0.3) is 5.91 Å². The van der Waals surface area contributed by atoms with Crippen LogP contribution in [0.25, 0.3) is 0 Å². The van der Waals surface area contributed by atoms with Crippen molar-refractivity contribution in [3.8, 4) is 0 Å². The van der Waals surface area contributed by atoms with Crippen molar-refractivity contribution in [2.75, 3.05) is 17.6 Å². The average Bonchev–Trinajstić information content (AvgIpc) is 2.64. The number of hydrogen-bond acceptors (Lipinski definition) is 6. The molecule has 1 saturated heterocycles. The Morgan fingerprint density at radius 2 is 1.96 bits per heavy atom. The van der Waals surface area contributed by atoms with E-state index in [0.29, 0.717) is 11.3 Å². The van der Waals surface area contributed by atoms with Crippen LogP contribution in [0.1, 0.15) is 13.3 Å². The Morgan fingerprint density at radius 1 is 1.26 bits per heavy atom. The molecule has 2 amide bonds. The lowest BCUT2D eigenvalue weighted by Gasteiger charge is -2.49. The quantitative estimate of drug-likeness (QED) is 0.591. The summed E-state index contributed by atoms with van der Waals surface area (Å²) in [4.78, 5) is 48.7. The molecule has 3 rings (SSSR count). The van der Waals surface area contributed by atoms with Gasteiger partial charge < -0.3 is 15.7 Å². The minimum atomic E-state index is -1.24. The Hall–Kier alpha value is -2.81. The Balaban J connectivity index is 1.64. The third-order valence-electron chi connectivity index (χ3n) is 4.26. The second-order valence-corrected chi connectivity index (χ2v) is 7.42. The van der Waals surface area contributed by atoms with E-state index >= 15 is 0 Å². The number of para-hydroxylation sites is 1. The Kier molecular flexibility index (Phi) is 5.50. The molecule has 3 N–H and O–H groups in total.